The van der Waals surface area contributed by atoms with Crippen molar-refractivity contribution in [1.29, 1.82) is 0 Å². The van der Waals surface area contributed by atoms with E-state index in [1.165, 1.54) is 17.0 Å². The fraction of sp³-hybridized carbons (Fsp3) is 0.161. The molecule has 40 heavy (non-hydrogen) atoms. The van der Waals surface area contributed by atoms with Crippen LogP contribution in [0.2, 0.25) is 15.1 Å². The smallest absolute Gasteiger partial charge is 0.331 e. The van der Waals surface area contributed by atoms with Crippen LogP contribution in [0.15, 0.2) is 97.1 Å². The summed E-state index contributed by atoms with van der Waals surface area (Å²) in [7, 11) is 0. The molecule has 0 aliphatic carbocycles. The van der Waals surface area contributed by atoms with Crippen LogP contribution in [0.4, 0.5) is 4.39 Å². The molecular weight excluding hydrogens is 576 g/mol. The SMILES string of the molecule is O=C(O)[C@H](c1ccc(Cl)cc1)N1C(=O)[C@H](Cc2ccc(F)cc2)O[C@@H](c2ccc(Cl)cc2)[C@H]1c1ccc(Cl)cc1. The van der Waals surface area contributed by atoms with Gasteiger partial charge in [-0.25, -0.2) is 9.18 Å². The average Bonchev–Trinajstić information content (AvgIpc) is 2.94. The normalized spacial score (nSPS) is 19.9. The van der Waals surface area contributed by atoms with E-state index in [-0.39, 0.29) is 6.42 Å². The summed E-state index contributed by atoms with van der Waals surface area (Å²) >= 11 is 18.4. The summed E-state index contributed by atoms with van der Waals surface area (Å²) in [5, 5.41) is 12.0. The number of aliphatic carboxylic acids is 1. The third-order valence-electron chi connectivity index (χ3n) is 6.87. The van der Waals surface area contributed by atoms with Gasteiger partial charge in [0.2, 0.25) is 0 Å². The number of amides is 1. The molecule has 4 atom stereocenters. The molecule has 0 spiro atoms. The molecule has 1 N–H and O–H groups in total. The number of carbonyl (C=O) groups excluding carboxylic acids is 1. The number of morpholine rings is 1. The van der Waals surface area contributed by atoms with Gasteiger partial charge in [0.1, 0.15) is 18.0 Å². The molecule has 1 saturated heterocycles. The summed E-state index contributed by atoms with van der Waals surface area (Å²) in [4.78, 5) is 28.5. The molecule has 5 rings (SSSR count). The number of nitrogens with zero attached hydrogens (tertiary/aromatic N) is 1. The Labute approximate surface area is 245 Å². The number of hydrogen-bond donors (Lipinski definition) is 1. The standard InChI is InChI=1S/C31H23Cl3FNO4/c32-22-9-3-19(4-10-22)27-29(21-7-13-24(34)14-8-21)40-26(17-18-1-15-25(35)16-2-18)30(37)36(27)28(31(38)39)20-5-11-23(33)12-6-20/h1-16,26-29H,17H2,(H,38,39)/t26-,27+,28-,29-/m0/s1. The predicted molar refractivity (Wildman–Crippen MR) is 152 cm³/mol. The maximum atomic E-state index is 14.3. The van der Waals surface area contributed by atoms with Gasteiger partial charge in [-0.3, -0.25) is 4.79 Å². The summed E-state index contributed by atoms with van der Waals surface area (Å²) in [5.74, 6) is -2.14. The van der Waals surface area contributed by atoms with Crippen LogP contribution < -0.4 is 0 Å². The van der Waals surface area contributed by atoms with Gasteiger partial charge >= 0.3 is 5.97 Å². The zero-order valence-electron chi connectivity index (χ0n) is 20.9. The molecule has 204 valence electrons. The van der Waals surface area contributed by atoms with Gasteiger partial charge in [0.25, 0.3) is 5.91 Å². The van der Waals surface area contributed by atoms with Crippen molar-refractivity contribution in [2.75, 3.05) is 0 Å². The molecular formula is C31H23Cl3FNO4. The second kappa shape index (κ2) is 12.0. The maximum absolute atomic E-state index is 14.3. The maximum Gasteiger partial charge on any atom is 0.331 e. The van der Waals surface area contributed by atoms with E-state index >= 15 is 0 Å². The molecule has 1 heterocycles. The third kappa shape index (κ3) is 6.01. The van der Waals surface area contributed by atoms with Crippen LogP contribution in [0, 0.1) is 5.82 Å². The second-order valence-electron chi connectivity index (χ2n) is 9.46. The predicted octanol–water partition coefficient (Wildman–Crippen LogP) is 7.86. The van der Waals surface area contributed by atoms with Gasteiger partial charge in [-0.05, 0) is 70.8 Å². The summed E-state index contributed by atoms with van der Waals surface area (Å²) in [6.07, 6.45) is -1.71. The number of carboxylic acid groups (broad SMARTS) is 1. The number of ether oxygens (including phenoxy) is 1. The van der Waals surface area contributed by atoms with Crippen molar-refractivity contribution in [2.45, 2.75) is 30.7 Å². The van der Waals surface area contributed by atoms with E-state index in [0.717, 1.165) is 0 Å². The zero-order valence-corrected chi connectivity index (χ0v) is 23.2. The van der Waals surface area contributed by atoms with E-state index in [9.17, 15) is 19.1 Å². The van der Waals surface area contributed by atoms with E-state index in [2.05, 4.69) is 0 Å². The largest absolute Gasteiger partial charge is 0.479 e. The third-order valence-corrected chi connectivity index (χ3v) is 7.63. The minimum Gasteiger partial charge on any atom is -0.479 e. The first kappa shape index (κ1) is 28.1. The van der Waals surface area contributed by atoms with Crippen LogP contribution in [0.5, 0.6) is 0 Å². The zero-order chi connectivity index (χ0) is 28.4. The van der Waals surface area contributed by atoms with E-state index in [0.29, 0.717) is 37.3 Å². The number of carbonyl (C=O) groups is 2. The molecule has 9 heteroatoms. The van der Waals surface area contributed by atoms with Crippen LogP contribution in [0.1, 0.15) is 40.4 Å². The molecule has 1 amide bonds. The molecule has 1 fully saturated rings. The van der Waals surface area contributed by atoms with E-state index in [4.69, 9.17) is 39.5 Å². The van der Waals surface area contributed by atoms with Crippen molar-refractivity contribution >= 4 is 46.7 Å². The Balaban J connectivity index is 1.68. The van der Waals surface area contributed by atoms with Crippen LogP contribution in [0.25, 0.3) is 0 Å². The van der Waals surface area contributed by atoms with Crippen LogP contribution in [-0.2, 0) is 20.7 Å². The van der Waals surface area contributed by atoms with Crippen molar-refractivity contribution in [2.24, 2.45) is 0 Å². The van der Waals surface area contributed by atoms with E-state index in [1.807, 2.05) is 0 Å². The average molecular weight is 599 g/mol. The van der Waals surface area contributed by atoms with Gasteiger partial charge in [-0.15, -0.1) is 0 Å². The molecule has 5 nitrogen and oxygen atoms in total. The summed E-state index contributed by atoms with van der Waals surface area (Å²) in [6.45, 7) is 0. The van der Waals surface area contributed by atoms with Crippen molar-refractivity contribution in [3.05, 3.63) is 140 Å². The van der Waals surface area contributed by atoms with Gasteiger partial charge in [0, 0.05) is 21.5 Å². The number of hydrogen-bond acceptors (Lipinski definition) is 3. The highest BCUT2D eigenvalue weighted by atomic mass is 35.5. The quantitative estimate of drug-likeness (QED) is 0.235. The highest BCUT2D eigenvalue weighted by Gasteiger charge is 2.49. The van der Waals surface area contributed by atoms with E-state index < -0.39 is 42.0 Å². The van der Waals surface area contributed by atoms with Crippen molar-refractivity contribution in [3.8, 4) is 0 Å². The Kier molecular flexibility index (Phi) is 8.43. The van der Waals surface area contributed by atoms with Crippen molar-refractivity contribution in [1.82, 2.24) is 4.90 Å². The first-order valence-corrected chi connectivity index (χ1v) is 13.6. The first-order chi connectivity index (χ1) is 19.2. The Morgan fingerprint density at radius 1 is 0.800 bits per heavy atom. The monoisotopic (exact) mass is 597 g/mol. The highest BCUT2D eigenvalue weighted by molar-refractivity contribution is 6.31. The van der Waals surface area contributed by atoms with Gasteiger partial charge in [0.15, 0.2) is 6.04 Å². The first-order valence-electron chi connectivity index (χ1n) is 12.4. The molecule has 4 aromatic carbocycles. The molecule has 0 unspecified atom stereocenters. The minimum absolute atomic E-state index is 0.111. The fourth-order valence-electron chi connectivity index (χ4n) is 4.99. The molecule has 0 saturated carbocycles. The number of carboxylic acids is 1. The van der Waals surface area contributed by atoms with Crippen molar-refractivity contribution in [3.63, 3.8) is 0 Å². The Morgan fingerprint density at radius 2 is 1.30 bits per heavy atom. The summed E-state index contributed by atoms with van der Waals surface area (Å²) in [6, 6.07) is 23.8. The lowest BCUT2D eigenvalue weighted by atomic mass is 9.88. The lowest BCUT2D eigenvalue weighted by Crippen LogP contribution is -2.54. The van der Waals surface area contributed by atoms with Crippen molar-refractivity contribution < 1.29 is 23.8 Å². The van der Waals surface area contributed by atoms with Gasteiger partial charge in [0.05, 0.1) is 6.04 Å². The molecule has 1 aliphatic rings. The number of rotatable bonds is 7. The van der Waals surface area contributed by atoms with Gasteiger partial charge < -0.3 is 14.7 Å². The summed E-state index contributed by atoms with van der Waals surface area (Å²) in [5.41, 5.74) is 2.38. The lowest BCUT2D eigenvalue weighted by Gasteiger charge is -2.47. The van der Waals surface area contributed by atoms with Gasteiger partial charge in [-0.1, -0.05) is 83.3 Å². The van der Waals surface area contributed by atoms with Gasteiger partial charge in [-0.2, -0.15) is 0 Å². The summed E-state index contributed by atoms with van der Waals surface area (Å²) < 4.78 is 20.1. The molecule has 1 aliphatic heterocycles. The van der Waals surface area contributed by atoms with Crippen LogP contribution in [0.3, 0.4) is 0 Å². The number of halogens is 4. The van der Waals surface area contributed by atoms with Crippen LogP contribution >= 0.6 is 34.8 Å². The molecule has 4 aromatic rings. The minimum atomic E-state index is -1.36. The Hall–Kier alpha value is -3.42. The topological polar surface area (TPSA) is 66.8 Å². The fourth-order valence-corrected chi connectivity index (χ4v) is 5.37. The second-order valence-corrected chi connectivity index (χ2v) is 10.8. The molecule has 0 aromatic heterocycles. The number of benzene rings is 4. The van der Waals surface area contributed by atoms with Crippen LogP contribution in [-0.4, -0.2) is 28.0 Å². The highest BCUT2D eigenvalue weighted by Crippen LogP contribution is 2.46. The Morgan fingerprint density at radius 3 is 1.82 bits per heavy atom. The van der Waals surface area contributed by atoms with E-state index in [1.54, 1.807) is 84.9 Å². The molecule has 0 radical (unpaired) electrons. The molecule has 0 bridgehead atoms. The Bertz CT molecular complexity index is 1500. The lowest BCUT2D eigenvalue weighted by molar-refractivity contribution is -0.184.